The number of hydrogen-bond acceptors (Lipinski definition) is 6. The SMILES string of the molecule is C[C@@H](Nc1nc(Cl)nc2c1CN(C(=O)C1(C)COC1)C2)c1cc(N)cc(C(F)(F)F)c1. The molecule has 1 fully saturated rings. The van der Waals surface area contributed by atoms with Gasteiger partial charge in [-0.3, -0.25) is 4.79 Å². The lowest BCUT2D eigenvalue weighted by atomic mass is 9.87. The first-order valence-electron chi connectivity index (χ1n) is 9.63. The summed E-state index contributed by atoms with van der Waals surface area (Å²) in [5.74, 6) is 0.335. The second kappa shape index (κ2) is 7.52. The molecule has 1 aromatic carbocycles. The van der Waals surface area contributed by atoms with Crippen LogP contribution in [0.4, 0.5) is 24.7 Å². The third-order valence-corrected chi connectivity index (χ3v) is 5.73. The first-order valence-corrected chi connectivity index (χ1v) is 10.0. The number of alkyl halides is 3. The fourth-order valence-electron chi connectivity index (χ4n) is 3.78. The molecule has 31 heavy (non-hydrogen) atoms. The number of aromatic nitrogens is 2. The minimum Gasteiger partial charge on any atom is -0.399 e. The van der Waals surface area contributed by atoms with Crippen LogP contribution in [0, 0.1) is 5.41 Å². The van der Waals surface area contributed by atoms with Crippen molar-refractivity contribution in [2.24, 2.45) is 5.41 Å². The molecule has 0 saturated carbocycles. The van der Waals surface area contributed by atoms with Crippen LogP contribution in [0.1, 0.15) is 42.3 Å². The fourth-order valence-corrected chi connectivity index (χ4v) is 3.97. The van der Waals surface area contributed by atoms with Crippen LogP contribution in [0.2, 0.25) is 5.28 Å². The standard InChI is InChI=1S/C20H21ClF3N5O2/c1-10(11-3-12(20(22,23)24)5-13(25)4-11)26-16-14-6-29(7-15(14)27-18(21)28-16)17(30)19(2)8-31-9-19/h3-5,10H,6-9,25H2,1-2H3,(H,26,27,28)/t10-/m1/s1. The monoisotopic (exact) mass is 455 g/mol. The molecule has 3 heterocycles. The Bertz CT molecular complexity index is 1040. The van der Waals surface area contributed by atoms with Gasteiger partial charge in [0.05, 0.1) is 49.0 Å². The molecule has 0 spiro atoms. The van der Waals surface area contributed by atoms with Crippen LogP contribution in [-0.2, 0) is 28.8 Å². The van der Waals surface area contributed by atoms with E-state index in [9.17, 15) is 18.0 Å². The van der Waals surface area contributed by atoms with Gasteiger partial charge < -0.3 is 20.7 Å². The van der Waals surface area contributed by atoms with E-state index in [-0.39, 0.29) is 30.0 Å². The third-order valence-electron chi connectivity index (χ3n) is 5.56. The first-order chi connectivity index (χ1) is 14.5. The molecule has 0 unspecified atom stereocenters. The lowest BCUT2D eigenvalue weighted by molar-refractivity contribution is -0.169. The summed E-state index contributed by atoms with van der Waals surface area (Å²) < 4.78 is 44.7. The van der Waals surface area contributed by atoms with Crippen LogP contribution >= 0.6 is 11.6 Å². The highest BCUT2D eigenvalue weighted by molar-refractivity contribution is 6.28. The zero-order valence-electron chi connectivity index (χ0n) is 16.9. The number of halogens is 4. The molecule has 1 saturated heterocycles. The number of benzene rings is 1. The van der Waals surface area contributed by atoms with Gasteiger partial charge in [-0.1, -0.05) is 0 Å². The number of rotatable bonds is 4. The molecule has 166 valence electrons. The number of nitrogens with two attached hydrogens (primary N) is 1. The summed E-state index contributed by atoms with van der Waals surface area (Å²) in [4.78, 5) is 23.0. The third kappa shape index (κ3) is 4.14. The second-order valence-electron chi connectivity index (χ2n) is 8.23. The predicted octanol–water partition coefficient (Wildman–Crippen LogP) is 3.78. The molecule has 7 nitrogen and oxygen atoms in total. The van der Waals surface area contributed by atoms with Crippen molar-refractivity contribution in [3.8, 4) is 0 Å². The van der Waals surface area contributed by atoms with E-state index in [0.29, 0.717) is 35.9 Å². The zero-order chi connectivity index (χ0) is 22.6. The average molecular weight is 456 g/mol. The number of nitrogens with zero attached hydrogens (tertiary/aromatic N) is 3. The van der Waals surface area contributed by atoms with E-state index in [1.807, 2.05) is 6.92 Å². The molecule has 3 N–H and O–H groups in total. The molecule has 0 aliphatic carbocycles. The molecular weight excluding hydrogens is 435 g/mol. The lowest BCUT2D eigenvalue weighted by Gasteiger charge is -2.39. The number of anilines is 2. The van der Waals surface area contributed by atoms with E-state index in [2.05, 4.69) is 15.3 Å². The molecule has 1 aromatic heterocycles. The smallest absolute Gasteiger partial charge is 0.399 e. The Kier molecular flexibility index (Phi) is 5.25. The van der Waals surface area contributed by atoms with Crippen molar-refractivity contribution >= 4 is 29.0 Å². The Hall–Kier alpha value is -2.59. The molecule has 0 radical (unpaired) electrons. The molecule has 4 rings (SSSR count). The minimum atomic E-state index is -4.51. The van der Waals surface area contributed by atoms with Crippen molar-refractivity contribution in [2.75, 3.05) is 24.3 Å². The molecule has 2 aliphatic rings. The van der Waals surface area contributed by atoms with Gasteiger partial charge in [-0.05, 0) is 49.2 Å². The van der Waals surface area contributed by atoms with Crippen molar-refractivity contribution in [3.05, 3.63) is 45.9 Å². The number of nitrogens with one attached hydrogen (secondary N) is 1. The van der Waals surface area contributed by atoms with E-state index in [1.54, 1.807) is 11.8 Å². The molecule has 0 bridgehead atoms. The van der Waals surface area contributed by atoms with E-state index in [4.69, 9.17) is 22.1 Å². The Morgan fingerprint density at radius 3 is 2.61 bits per heavy atom. The number of nitrogen functional groups attached to an aromatic ring is 1. The van der Waals surface area contributed by atoms with Crippen molar-refractivity contribution in [3.63, 3.8) is 0 Å². The van der Waals surface area contributed by atoms with Crippen molar-refractivity contribution in [1.82, 2.24) is 14.9 Å². The first kappa shape index (κ1) is 21.6. The highest BCUT2D eigenvalue weighted by Crippen LogP contribution is 2.37. The van der Waals surface area contributed by atoms with Gasteiger partial charge in [-0.15, -0.1) is 0 Å². The summed E-state index contributed by atoms with van der Waals surface area (Å²) in [6, 6.07) is 2.86. The number of amides is 1. The quantitative estimate of drug-likeness (QED) is 0.538. The van der Waals surface area contributed by atoms with Crippen LogP contribution in [0.15, 0.2) is 18.2 Å². The van der Waals surface area contributed by atoms with Gasteiger partial charge >= 0.3 is 6.18 Å². The topological polar surface area (TPSA) is 93.4 Å². The van der Waals surface area contributed by atoms with Crippen LogP contribution < -0.4 is 11.1 Å². The van der Waals surface area contributed by atoms with Gasteiger partial charge in [0, 0.05) is 11.3 Å². The number of carbonyl (C=O) groups is 1. The molecule has 2 aromatic rings. The summed E-state index contributed by atoms with van der Waals surface area (Å²) in [5.41, 5.74) is 5.95. The van der Waals surface area contributed by atoms with Crippen molar-refractivity contribution in [1.29, 1.82) is 0 Å². The van der Waals surface area contributed by atoms with E-state index < -0.39 is 23.2 Å². The summed E-state index contributed by atoms with van der Waals surface area (Å²) in [7, 11) is 0. The number of fused-ring (bicyclic) bond motifs is 1. The van der Waals surface area contributed by atoms with Crippen LogP contribution in [-0.4, -0.2) is 34.0 Å². The number of hydrogen-bond donors (Lipinski definition) is 2. The van der Waals surface area contributed by atoms with Crippen molar-refractivity contribution < 1.29 is 22.7 Å². The minimum absolute atomic E-state index is 0.00973. The summed E-state index contributed by atoms with van der Waals surface area (Å²) in [5, 5.41) is 3.10. The van der Waals surface area contributed by atoms with E-state index in [0.717, 1.165) is 12.1 Å². The molecule has 1 amide bonds. The van der Waals surface area contributed by atoms with E-state index >= 15 is 0 Å². The van der Waals surface area contributed by atoms with E-state index in [1.165, 1.54) is 6.07 Å². The van der Waals surface area contributed by atoms with Crippen LogP contribution in [0.5, 0.6) is 0 Å². The van der Waals surface area contributed by atoms with Crippen molar-refractivity contribution in [2.45, 2.75) is 39.2 Å². The number of ether oxygens (including phenoxy) is 1. The molecule has 11 heteroatoms. The Morgan fingerprint density at radius 2 is 2.00 bits per heavy atom. The summed E-state index contributed by atoms with van der Waals surface area (Å²) in [6.45, 7) is 4.84. The maximum Gasteiger partial charge on any atom is 0.416 e. The summed E-state index contributed by atoms with van der Waals surface area (Å²) >= 11 is 6.07. The van der Waals surface area contributed by atoms with Gasteiger partial charge in [-0.2, -0.15) is 13.2 Å². The Labute approximate surface area is 181 Å². The largest absolute Gasteiger partial charge is 0.416 e. The van der Waals surface area contributed by atoms with Gasteiger partial charge in [0.25, 0.3) is 0 Å². The Morgan fingerprint density at radius 1 is 1.29 bits per heavy atom. The van der Waals surface area contributed by atoms with Gasteiger partial charge in [0.1, 0.15) is 5.82 Å². The molecular formula is C20H21ClF3N5O2. The molecule has 1 atom stereocenters. The lowest BCUT2D eigenvalue weighted by Crippen LogP contribution is -2.52. The average Bonchev–Trinajstić information content (AvgIpc) is 3.08. The molecule has 2 aliphatic heterocycles. The Balaban J connectivity index is 1.59. The normalized spacial score (nSPS) is 18.3. The van der Waals surface area contributed by atoms with Crippen LogP contribution in [0.3, 0.4) is 0 Å². The number of carbonyl (C=O) groups excluding carboxylic acids is 1. The summed E-state index contributed by atoms with van der Waals surface area (Å²) in [6.07, 6.45) is -4.51. The zero-order valence-corrected chi connectivity index (χ0v) is 17.6. The highest BCUT2D eigenvalue weighted by Gasteiger charge is 2.45. The van der Waals surface area contributed by atoms with Gasteiger partial charge in [0.15, 0.2) is 0 Å². The maximum absolute atomic E-state index is 13.2. The predicted molar refractivity (Wildman–Crippen MR) is 108 cm³/mol. The fraction of sp³-hybridized carbons (Fsp3) is 0.450. The second-order valence-corrected chi connectivity index (χ2v) is 8.57. The van der Waals surface area contributed by atoms with Crippen LogP contribution in [0.25, 0.3) is 0 Å². The van der Waals surface area contributed by atoms with Gasteiger partial charge in [0.2, 0.25) is 11.2 Å². The highest BCUT2D eigenvalue weighted by atomic mass is 35.5. The van der Waals surface area contributed by atoms with Gasteiger partial charge in [-0.25, -0.2) is 9.97 Å². The maximum atomic E-state index is 13.2.